The van der Waals surface area contributed by atoms with E-state index in [0.717, 1.165) is 0 Å². The Labute approximate surface area is 80.3 Å². The zero-order valence-electron chi connectivity index (χ0n) is 7.51. The van der Waals surface area contributed by atoms with Crippen molar-refractivity contribution in [2.45, 2.75) is 32.4 Å². The number of likely N-dealkylation sites (N-methyl/N-ethyl adjacent to an activating group) is 1. The van der Waals surface area contributed by atoms with Crippen molar-refractivity contribution in [2.24, 2.45) is 0 Å². The van der Waals surface area contributed by atoms with Gasteiger partial charge in [-0.1, -0.05) is 0 Å². The molecule has 0 bridgehead atoms. The summed E-state index contributed by atoms with van der Waals surface area (Å²) >= 11 is 0.627. The second-order valence-electron chi connectivity index (χ2n) is 3.36. The molecule has 1 unspecified atom stereocenters. The second-order valence-corrected chi connectivity index (χ2v) is 4.28. The van der Waals surface area contributed by atoms with Crippen LogP contribution >= 0.6 is 0 Å². The van der Waals surface area contributed by atoms with Crippen molar-refractivity contribution in [3.8, 4) is 0 Å². The molecule has 0 amide bonds. The van der Waals surface area contributed by atoms with Crippen LogP contribution in [0.25, 0.3) is 0 Å². The summed E-state index contributed by atoms with van der Waals surface area (Å²) < 4.78 is 5.49. The summed E-state index contributed by atoms with van der Waals surface area (Å²) in [5.41, 5.74) is 0.0220. The van der Waals surface area contributed by atoms with Crippen LogP contribution in [-0.4, -0.2) is 56.9 Å². The van der Waals surface area contributed by atoms with E-state index >= 15 is 0 Å². The van der Waals surface area contributed by atoms with Crippen LogP contribution in [0.5, 0.6) is 0 Å². The second kappa shape index (κ2) is 4.02. The number of nitrogens with zero attached hydrogens (tertiary/aromatic N) is 1. The Morgan fingerprint density at radius 2 is 1.80 bits per heavy atom. The molecule has 60 valence electrons. The standard InChI is InChI=1S/C7H16NO.Pb.H/c1-6(8(4)5)7(2,3)9;;/h6H,1-5H3;;/q-1;+1;. The SMILES string of the molecule is CC(N(C)C)C(C)(C)[O][PbH]. The first-order valence-electron chi connectivity index (χ1n) is 3.46. The zero-order chi connectivity index (χ0) is 8.36. The molecule has 0 saturated heterocycles. The molecule has 0 aliphatic heterocycles. The molecule has 3 heteroatoms. The number of hydrogen-bond donors (Lipinski definition) is 0. The van der Waals surface area contributed by atoms with Gasteiger partial charge in [-0.2, -0.15) is 0 Å². The third-order valence-electron chi connectivity index (χ3n) is 2.08. The summed E-state index contributed by atoms with van der Waals surface area (Å²) in [7, 11) is 4.16. The maximum atomic E-state index is 5.49. The summed E-state index contributed by atoms with van der Waals surface area (Å²) in [6.45, 7) is 6.46. The molecule has 0 aliphatic carbocycles. The van der Waals surface area contributed by atoms with Crippen molar-refractivity contribution < 1.29 is 2.69 Å². The average Bonchev–Trinajstić information content (AvgIpc) is 1.86. The molecule has 0 aromatic rings. The van der Waals surface area contributed by atoms with Gasteiger partial charge in [-0.25, -0.2) is 0 Å². The van der Waals surface area contributed by atoms with E-state index in [-0.39, 0.29) is 5.60 Å². The molecular weight excluding hydrogens is 321 g/mol. The maximum absolute atomic E-state index is 5.49. The van der Waals surface area contributed by atoms with E-state index in [4.69, 9.17) is 2.69 Å². The summed E-state index contributed by atoms with van der Waals surface area (Å²) in [4.78, 5) is 2.18. The molecular formula is C7H17NOPb. The Balaban J connectivity index is 4.03. The molecule has 1 atom stereocenters. The van der Waals surface area contributed by atoms with Crippen molar-refractivity contribution in [1.29, 1.82) is 0 Å². The number of hydrogen-bond acceptors (Lipinski definition) is 2. The number of rotatable bonds is 3. The fourth-order valence-electron chi connectivity index (χ4n) is 0.720. The molecule has 0 spiro atoms. The van der Waals surface area contributed by atoms with Gasteiger partial charge >= 0.3 is 80.3 Å². The van der Waals surface area contributed by atoms with Crippen LogP contribution in [0.3, 0.4) is 0 Å². The van der Waals surface area contributed by atoms with Crippen LogP contribution in [0.1, 0.15) is 20.8 Å². The molecule has 2 nitrogen and oxygen atoms in total. The Morgan fingerprint density at radius 1 is 1.40 bits per heavy atom. The topological polar surface area (TPSA) is 12.5 Å². The van der Waals surface area contributed by atoms with Crippen LogP contribution in [0.2, 0.25) is 0 Å². The first-order chi connectivity index (χ1) is 4.41. The van der Waals surface area contributed by atoms with E-state index in [1.807, 2.05) is 0 Å². The molecule has 2 radical (unpaired) electrons. The predicted molar refractivity (Wildman–Crippen MR) is 45.5 cm³/mol. The first-order valence-corrected chi connectivity index (χ1v) is 5.29. The molecule has 0 saturated carbocycles. The molecule has 0 aromatic carbocycles. The average molecular weight is 338 g/mol. The monoisotopic (exact) mass is 339 g/mol. The fourth-order valence-corrected chi connectivity index (χ4v) is 1.49. The van der Waals surface area contributed by atoms with Crippen LogP contribution < -0.4 is 0 Å². The predicted octanol–water partition coefficient (Wildman–Crippen LogP) is 0.547. The van der Waals surface area contributed by atoms with Crippen molar-refractivity contribution in [1.82, 2.24) is 4.90 Å². The van der Waals surface area contributed by atoms with Crippen molar-refractivity contribution in [3.63, 3.8) is 0 Å². The van der Waals surface area contributed by atoms with Gasteiger partial charge < -0.3 is 0 Å². The Bertz CT molecular complexity index is 104. The van der Waals surface area contributed by atoms with E-state index in [9.17, 15) is 0 Å². The summed E-state index contributed by atoms with van der Waals surface area (Å²) in [6, 6.07) is 0.484. The molecule has 0 heterocycles. The third-order valence-corrected chi connectivity index (χ3v) is 4.45. The van der Waals surface area contributed by atoms with E-state index in [1.165, 1.54) is 0 Å². The van der Waals surface area contributed by atoms with E-state index in [2.05, 4.69) is 39.8 Å². The first kappa shape index (κ1) is 10.8. The Hall–Kier alpha value is 0.842. The minimum atomic E-state index is 0.0220. The van der Waals surface area contributed by atoms with Crippen LogP contribution in [0, 0.1) is 0 Å². The molecule has 0 aromatic heterocycles. The van der Waals surface area contributed by atoms with Gasteiger partial charge in [-0.3, -0.25) is 0 Å². The minimum absolute atomic E-state index is 0.0220. The van der Waals surface area contributed by atoms with Crippen molar-refractivity contribution >= 4 is 26.2 Å². The molecule has 0 fully saturated rings. The molecule has 0 aliphatic rings. The van der Waals surface area contributed by atoms with Gasteiger partial charge in [-0.05, 0) is 0 Å². The quantitative estimate of drug-likeness (QED) is 0.697. The summed E-state index contributed by atoms with van der Waals surface area (Å²) in [5, 5.41) is 0. The van der Waals surface area contributed by atoms with Gasteiger partial charge in [0.15, 0.2) is 0 Å². The van der Waals surface area contributed by atoms with Gasteiger partial charge in [0.25, 0.3) is 0 Å². The Kier molecular flexibility index (Phi) is 4.35. The van der Waals surface area contributed by atoms with E-state index in [0.29, 0.717) is 32.3 Å². The van der Waals surface area contributed by atoms with Gasteiger partial charge in [0.2, 0.25) is 0 Å². The summed E-state index contributed by atoms with van der Waals surface area (Å²) in [6.07, 6.45) is 0. The van der Waals surface area contributed by atoms with E-state index in [1.54, 1.807) is 0 Å². The van der Waals surface area contributed by atoms with E-state index < -0.39 is 0 Å². The Morgan fingerprint density at radius 3 is 1.90 bits per heavy atom. The van der Waals surface area contributed by atoms with Crippen molar-refractivity contribution in [2.75, 3.05) is 14.1 Å². The van der Waals surface area contributed by atoms with Crippen LogP contribution in [0.4, 0.5) is 0 Å². The van der Waals surface area contributed by atoms with Gasteiger partial charge in [-0.15, -0.1) is 0 Å². The van der Waals surface area contributed by atoms with Gasteiger partial charge in [0.05, 0.1) is 0 Å². The molecule has 10 heavy (non-hydrogen) atoms. The van der Waals surface area contributed by atoms with Gasteiger partial charge in [0.1, 0.15) is 0 Å². The van der Waals surface area contributed by atoms with Gasteiger partial charge in [0, 0.05) is 0 Å². The third kappa shape index (κ3) is 2.84. The van der Waals surface area contributed by atoms with Crippen LogP contribution in [0.15, 0.2) is 0 Å². The fraction of sp³-hybridized carbons (Fsp3) is 1.00. The normalized spacial score (nSPS) is 15.9. The van der Waals surface area contributed by atoms with Crippen LogP contribution in [-0.2, 0) is 2.69 Å². The zero-order valence-corrected chi connectivity index (χ0v) is 12.0. The van der Waals surface area contributed by atoms with Crippen molar-refractivity contribution in [3.05, 3.63) is 0 Å². The molecule has 0 rings (SSSR count). The summed E-state index contributed by atoms with van der Waals surface area (Å²) in [5.74, 6) is 0. The molecule has 0 N–H and O–H groups in total.